The highest BCUT2D eigenvalue weighted by Gasteiger charge is 2.45. The van der Waals surface area contributed by atoms with E-state index < -0.39 is 22.2 Å². The molecule has 204 valence electrons. The SMILES string of the molecule is CCc1nc2cc(C(=O)NCc3ccc(S(=O)(=O)CC)cc3)ccc2n1[C@H](C)c1cccc2c1OC(F)(F)O2. The minimum Gasteiger partial charge on any atom is -0.395 e. The van der Waals surface area contributed by atoms with E-state index in [-0.39, 0.29) is 34.6 Å². The number of benzene rings is 3. The largest absolute Gasteiger partial charge is 0.586 e. The highest BCUT2D eigenvalue weighted by Crippen LogP contribution is 2.46. The van der Waals surface area contributed by atoms with E-state index in [9.17, 15) is 22.0 Å². The molecule has 0 spiro atoms. The number of aromatic nitrogens is 2. The molecule has 0 saturated heterocycles. The van der Waals surface area contributed by atoms with E-state index in [0.29, 0.717) is 23.1 Å². The molecule has 2 heterocycles. The molecule has 4 aromatic rings. The van der Waals surface area contributed by atoms with E-state index in [0.717, 1.165) is 16.9 Å². The number of ether oxygens (including phenoxy) is 2. The molecule has 8 nitrogen and oxygen atoms in total. The first-order chi connectivity index (χ1) is 18.5. The number of para-hydroxylation sites is 1. The van der Waals surface area contributed by atoms with Crippen molar-refractivity contribution in [2.45, 2.75) is 51.0 Å². The summed E-state index contributed by atoms with van der Waals surface area (Å²) in [5.74, 6) is 0.408. The second-order valence-corrected chi connectivity index (χ2v) is 11.5. The van der Waals surface area contributed by atoms with Crippen molar-refractivity contribution in [2.24, 2.45) is 0 Å². The van der Waals surface area contributed by atoms with Crippen molar-refractivity contribution in [1.29, 1.82) is 0 Å². The Balaban J connectivity index is 1.38. The number of nitrogens with one attached hydrogen (secondary N) is 1. The number of sulfone groups is 1. The molecule has 0 aliphatic carbocycles. The number of fused-ring (bicyclic) bond motifs is 2. The third kappa shape index (κ3) is 5.06. The van der Waals surface area contributed by atoms with E-state index in [2.05, 4.69) is 10.1 Å². The summed E-state index contributed by atoms with van der Waals surface area (Å²) in [6.45, 7) is 5.62. The molecule has 1 N–H and O–H groups in total. The lowest BCUT2D eigenvalue weighted by atomic mass is 10.1. The van der Waals surface area contributed by atoms with Crippen molar-refractivity contribution in [2.75, 3.05) is 5.75 Å². The summed E-state index contributed by atoms with van der Waals surface area (Å²) in [6, 6.07) is 16.0. The zero-order chi connectivity index (χ0) is 27.9. The minimum absolute atomic E-state index is 0.00442. The molecule has 5 rings (SSSR count). The van der Waals surface area contributed by atoms with Gasteiger partial charge in [0, 0.05) is 24.1 Å². The zero-order valence-corrected chi connectivity index (χ0v) is 22.4. The maximum atomic E-state index is 13.8. The van der Waals surface area contributed by atoms with Crippen molar-refractivity contribution in [3.8, 4) is 11.5 Å². The van der Waals surface area contributed by atoms with Gasteiger partial charge in [0.25, 0.3) is 5.91 Å². The summed E-state index contributed by atoms with van der Waals surface area (Å²) in [5.41, 5.74) is 3.03. The lowest BCUT2D eigenvalue weighted by Gasteiger charge is -2.19. The Kier molecular flexibility index (Phi) is 6.79. The normalized spacial score (nSPS) is 14.9. The summed E-state index contributed by atoms with van der Waals surface area (Å²) in [7, 11) is -3.29. The average Bonchev–Trinajstić information content (AvgIpc) is 3.46. The van der Waals surface area contributed by atoms with Crippen molar-refractivity contribution >= 4 is 26.8 Å². The van der Waals surface area contributed by atoms with Gasteiger partial charge in [-0.3, -0.25) is 4.79 Å². The molecule has 1 aromatic heterocycles. The van der Waals surface area contributed by atoms with Crippen LogP contribution >= 0.6 is 0 Å². The molecule has 1 aliphatic rings. The molecule has 0 unspecified atom stereocenters. The third-order valence-corrected chi connectivity index (χ3v) is 8.50. The fourth-order valence-corrected chi connectivity index (χ4v) is 5.58. The van der Waals surface area contributed by atoms with Crippen LogP contribution in [0.2, 0.25) is 0 Å². The molecular formula is C28H27F2N3O5S. The Morgan fingerprint density at radius 2 is 1.82 bits per heavy atom. The predicted octanol–water partition coefficient (Wildman–Crippen LogP) is 5.25. The number of imidazole rings is 1. The summed E-state index contributed by atoms with van der Waals surface area (Å²) in [4.78, 5) is 17.9. The molecule has 1 amide bonds. The number of alkyl halides is 2. The van der Waals surface area contributed by atoms with Gasteiger partial charge < -0.3 is 19.4 Å². The molecule has 39 heavy (non-hydrogen) atoms. The molecule has 0 bridgehead atoms. The number of aryl methyl sites for hydroxylation is 1. The third-order valence-electron chi connectivity index (χ3n) is 6.75. The van der Waals surface area contributed by atoms with E-state index in [4.69, 9.17) is 9.72 Å². The first-order valence-corrected chi connectivity index (χ1v) is 14.2. The lowest BCUT2D eigenvalue weighted by molar-refractivity contribution is -0.287. The van der Waals surface area contributed by atoms with Gasteiger partial charge in [0.2, 0.25) is 0 Å². The maximum Gasteiger partial charge on any atom is 0.586 e. The Labute approximate surface area is 224 Å². The number of nitrogens with zero attached hydrogens (tertiary/aromatic N) is 2. The lowest BCUT2D eigenvalue weighted by Crippen LogP contribution is -2.26. The van der Waals surface area contributed by atoms with Crippen LogP contribution in [0, 0.1) is 0 Å². The van der Waals surface area contributed by atoms with Crippen LogP contribution in [0.4, 0.5) is 8.78 Å². The van der Waals surface area contributed by atoms with Gasteiger partial charge in [-0.15, -0.1) is 8.78 Å². The average molecular weight is 556 g/mol. The molecule has 0 saturated carbocycles. The Hall–Kier alpha value is -3.99. The highest BCUT2D eigenvalue weighted by atomic mass is 32.2. The van der Waals surface area contributed by atoms with Gasteiger partial charge in [-0.25, -0.2) is 13.4 Å². The first kappa shape index (κ1) is 26.6. The standard InChI is InChI=1S/C28H27F2N3O5S/c1-4-25-32-22-15-19(27(34)31-16-18-9-12-20(13-10-18)39(35,36)5-2)11-14-23(22)33(25)17(3)21-7-6-8-24-26(21)38-28(29,30)37-24/h6-15,17H,4-5,16H2,1-3H3,(H,31,34)/t17-/m1/s1. The summed E-state index contributed by atoms with van der Waals surface area (Å²) < 4.78 is 62.9. The van der Waals surface area contributed by atoms with Crippen LogP contribution in [0.5, 0.6) is 11.5 Å². The highest BCUT2D eigenvalue weighted by molar-refractivity contribution is 7.91. The Morgan fingerprint density at radius 1 is 1.08 bits per heavy atom. The number of carbonyl (C=O) groups excluding carboxylic acids is 1. The van der Waals surface area contributed by atoms with Gasteiger partial charge in [-0.05, 0) is 48.9 Å². The van der Waals surface area contributed by atoms with E-state index in [1.807, 2.05) is 18.4 Å². The van der Waals surface area contributed by atoms with Gasteiger partial charge in [-0.2, -0.15) is 0 Å². The number of hydrogen-bond donors (Lipinski definition) is 1. The second-order valence-electron chi connectivity index (χ2n) is 9.20. The van der Waals surface area contributed by atoms with E-state index in [1.165, 1.54) is 18.2 Å². The Bertz CT molecular complexity index is 1670. The fourth-order valence-electron chi connectivity index (χ4n) is 4.70. The van der Waals surface area contributed by atoms with E-state index >= 15 is 0 Å². The van der Waals surface area contributed by atoms with Crippen LogP contribution < -0.4 is 14.8 Å². The molecule has 11 heteroatoms. The van der Waals surface area contributed by atoms with Crippen LogP contribution in [0.25, 0.3) is 11.0 Å². The first-order valence-electron chi connectivity index (χ1n) is 12.5. The number of carbonyl (C=O) groups is 1. The van der Waals surface area contributed by atoms with Gasteiger partial charge in [-0.1, -0.05) is 38.1 Å². The van der Waals surface area contributed by atoms with Crippen molar-refractivity contribution in [1.82, 2.24) is 14.9 Å². The summed E-state index contributed by atoms with van der Waals surface area (Å²) in [6.07, 6.45) is -3.15. The van der Waals surface area contributed by atoms with Crippen molar-refractivity contribution < 1.29 is 31.5 Å². The van der Waals surface area contributed by atoms with Crippen LogP contribution in [0.3, 0.4) is 0 Å². The molecule has 0 radical (unpaired) electrons. The topological polar surface area (TPSA) is 99.5 Å². The molecule has 1 aliphatic heterocycles. The monoisotopic (exact) mass is 555 g/mol. The summed E-state index contributed by atoms with van der Waals surface area (Å²) >= 11 is 0. The number of halogens is 2. The number of rotatable bonds is 8. The number of hydrogen-bond acceptors (Lipinski definition) is 6. The quantitative estimate of drug-likeness (QED) is 0.319. The minimum atomic E-state index is -3.72. The number of amides is 1. The van der Waals surface area contributed by atoms with Gasteiger partial charge in [0.15, 0.2) is 21.3 Å². The van der Waals surface area contributed by atoms with Crippen LogP contribution in [0.1, 0.15) is 54.1 Å². The fraction of sp³-hybridized carbons (Fsp3) is 0.286. The second kappa shape index (κ2) is 9.96. The van der Waals surface area contributed by atoms with E-state index in [1.54, 1.807) is 49.4 Å². The van der Waals surface area contributed by atoms with Crippen LogP contribution in [-0.2, 0) is 22.8 Å². The van der Waals surface area contributed by atoms with Gasteiger partial charge >= 0.3 is 6.29 Å². The molecule has 0 fully saturated rings. The molecule has 3 aromatic carbocycles. The van der Waals surface area contributed by atoms with Crippen molar-refractivity contribution in [3.05, 3.63) is 83.2 Å². The summed E-state index contributed by atoms with van der Waals surface area (Å²) in [5, 5.41) is 2.85. The molecular weight excluding hydrogens is 528 g/mol. The predicted molar refractivity (Wildman–Crippen MR) is 141 cm³/mol. The molecule has 1 atom stereocenters. The zero-order valence-electron chi connectivity index (χ0n) is 21.6. The van der Waals surface area contributed by atoms with Crippen molar-refractivity contribution in [3.63, 3.8) is 0 Å². The van der Waals surface area contributed by atoms with Crippen LogP contribution in [-0.4, -0.2) is 35.9 Å². The maximum absolute atomic E-state index is 13.8. The smallest absolute Gasteiger partial charge is 0.395 e. The van der Waals surface area contributed by atoms with Gasteiger partial charge in [0.05, 0.1) is 27.7 Å². The van der Waals surface area contributed by atoms with Crippen LogP contribution in [0.15, 0.2) is 65.6 Å². The Morgan fingerprint density at radius 3 is 2.51 bits per heavy atom. The van der Waals surface area contributed by atoms with Gasteiger partial charge in [0.1, 0.15) is 5.82 Å².